The molecule has 0 aliphatic carbocycles. The Morgan fingerprint density at radius 2 is 2.50 bits per heavy atom. The van der Waals surface area contributed by atoms with E-state index in [0.717, 1.165) is 25.9 Å². The first kappa shape index (κ1) is 9.05. The van der Waals surface area contributed by atoms with E-state index in [2.05, 4.69) is 11.0 Å². The van der Waals surface area contributed by atoms with Gasteiger partial charge in [-0.15, -0.1) is 0 Å². The van der Waals surface area contributed by atoms with E-state index in [-0.39, 0.29) is 0 Å². The highest BCUT2D eigenvalue weighted by Crippen LogP contribution is 2.18. The summed E-state index contributed by atoms with van der Waals surface area (Å²) in [4.78, 5) is 2.06. The highest BCUT2D eigenvalue weighted by atomic mass is 15.2. The number of nitrogens with one attached hydrogen (secondary N) is 1. The normalized spacial score (nSPS) is 23.3. The molecular formula is C9H15N3. The molecule has 3 nitrogen and oxygen atoms in total. The van der Waals surface area contributed by atoms with Gasteiger partial charge in [0.1, 0.15) is 0 Å². The van der Waals surface area contributed by atoms with E-state index in [0.29, 0.717) is 18.2 Å². The second-order valence-electron chi connectivity index (χ2n) is 3.40. The van der Waals surface area contributed by atoms with Crippen LogP contribution in [0.1, 0.15) is 26.2 Å². The summed E-state index contributed by atoms with van der Waals surface area (Å²) < 4.78 is 0. The molecule has 1 saturated heterocycles. The van der Waals surface area contributed by atoms with E-state index >= 15 is 0 Å². The van der Waals surface area contributed by atoms with Gasteiger partial charge >= 0.3 is 0 Å². The summed E-state index contributed by atoms with van der Waals surface area (Å²) in [6.45, 7) is 3.72. The Bertz CT molecular complexity index is 204. The van der Waals surface area contributed by atoms with E-state index in [1.165, 1.54) is 0 Å². The summed E-state index contributed by atoms with van der Waals surface area (Å²) in [5, 5.41) is 16.0. The largest absolute Gasteiger partial charge is 0.360 e. The van der Waals surface area contributed by atoms with E-state index < -0.39 is 0 Å². The Balaban J connectivity index is 2.41. The highest BCUT2D eigenvalue weighted by Gasteiger charge is 2.19. The molecule has 0 saturated carbocycles. The maximum absolute atomic E-state index is 8.52. The average molecular weight is 165 g/mol. The zero-order valence-electron chi connectivity index (χ0n) is 7.51. The van der Waals surface area contributed by atoms with Gasteiger partial charge in [-0.3, -0.25) is 5.41 Å². The van der Waals surface area contributed by atoms with Gasteiger partial charge in [0.25, 0.3) is 0 Å². The number of nitriles is 1. The molecule has 66 valence electrons. The first-order valence-electron chi connectivity index (χ1n) is 4.41. The van der Waals surface area contributed by atoms with Crippen molar-refractivity contribution in [3.05, 3.63) is 0 Å². The van der Waals surface area contributed by atoms with Gasteiger partial charge in [-0.2, -0.15) is 5.26 Å². The Morgan fingerprint density at radius 3 is 3.08 bits per heavy atom. The summed E-state index contributed by atoms with van der Waals surface area (Å²) in [5.74, 6) is 1.13. The van der Waals surface area contributed by atoms with Crippen LogP contribution >= 0.6 is 0 Å². The molecule has 1 aliphatic rings. The van der Waals surface area contributed by atoms with Gasteiger partial charge in [0.15, 0.2) is 0 Å². The molecule has 0 bridgehead atoms. The smallest absolute Gasteiger partial charge is 0.0925 e. The number of nitrogens with zero attached hydrogens (tertiary/aromatic N) is 2. The van der Waals surface area contributed by atoms with Crippen molar-refractivity contribution < 1.29 is 0 Å². The third-order valence-electron chi connectivity index (χ3n) is 2.37. The van der Waals surface area contributed by atoms with Crippen molar-refractivity contribution in [2.45, 2.75) is 26.2 Å². The number of hydrogen-bond acceptors (Lipinski definition) is 2. The molecule has 1 fully saturated rings. The summed E-state index contributed by atoms with van der Waals surface area (Å²) >= 11 is 0. The number of amidine groups is 1. The third kappa shape index (κ3) is 2.23. The fourth-order valence-electron chi connectivity index (χ4n) is 1.67. The van der Waals surface area contributed by atoms with E-state index in [1.807, 2.05) is 6.92 Å². The molecule has 0 aromatic rings. The zero-order valence-corrected chi connectivity index (χ0v) is 7.51. The Morgan fingerprint density at radius 1 is 1.75 bits per heavy atom. The first-order chi connectivity index (χ1) is 5.74. The molecular weight excluding hydrogens is 150 g/mol. The predicted octanol–water partition coefficient (Wildman–Crippen LogP) is 1.61. The van der Waals surface area contributed by atoms with Gasteiger partial charge in [-0.1, -0.05) is 0 Å². The van der Waals surface area contributed by atoms with Gasteiger partial charge in [-0.05, 0) is 25.7 Å². The van der Waals surface area contributed by atoms with Crippen molar-refractivity contribution >= 4 is 5.84 Å². The molecule has 0 aromatic carbocycles. The third-order valence-corrected chi connectivity index (χ3v) is 2.37. The first-order valence-corrected chi connectivity index (χ1v) is 4.41. The molecule has 1 atom stereocenters. The molecule has 12 heavy (non-hydrogen) atoms. The average Bonchev–Trinajstić information content (AvgIpc) is 2.05. The quantitative estimate of drug-likeness (QED) is 0.474. The Hall–Kier alpha value is -1.04. The predicted molar refractivity (Wildman–Crippen MR) is 47.9 cm³/mol. The number of hydrogen-bond donors (Lipinski definition) is 1. The van der Waals surface area contributed by atoms with Crippen molar-refractivity contribution in [3.63, 3.8) is 0 Å². The van der Waals surface area contributed by atoms with Crippen molar-refractivity contribution in [1.29, 1.82) is 10.7 Å². The van der Waals surface area contributed by atoms with E-state index in [1.54, 1.807) is 0 Å². The molecule has 0 amide bonds. The van der Waals surface area contributed by atoms with Crippen molar-refractivity contribution in [2.75, 3.05) is 13.1 Å². The molecule has 0 radical (unpaired) electrons. The van der Waals surface area contributed by atoms with Gasteiger partial charge in [0, 0.05) is 19.5 Å². The van der Waals surface area contributed by atoms with Crippen LogP contribution in [0.2, 0.25) is 0 Å². The second kappa shape index (κ2) is 4.10. The fraction of sp³-hybridized carbons (Fsp3) is 0.778. The van der Waals surface area contributed by atoms with Crippen molar-refractivity contribution in [1.82, 2.24) is 4.90 Å². The van der Waals surface area contributed by atoms with Gasteiger partial charge in [0.2, 0.25) is 0 Å². The fourth-order valence-corrected chi connectivity index (χ4v) is 1.67. The van der Waals surface area contributed by atoms with Crippen LogP contribution in [0.5, 0.6) is 0 Å². The van der Waals surface area contributed by atoms with Crippen LogP contribution in [-0.2, 0) is 0 Å². The van der Waals surface area contributed by atoms with Crippen LogP contribution in [0.25, 0.3) is 0 Å². The maximum Gasteiger partial charge on any atom is 0.0925 e. The zero-order chi connectivity index (χ0) is 8.97. The molecule has 1 aliphatic heterocycles. The molecule has 0 spiro atoms. The number of rotatable bonds is 1. The standard InChI is InChI=1S/C9H15N3/c1-8(11)12-6-2-3-9(7-12)4-5-10/h9,11H,2-4,6-7H2,1H3. The lowest BCUT2D eigenvalue weighted by molar-refractivity contribution is 0.259. The van der Waals surface area contributed by atoms with Crippen LogP contribution in [0.4, 0.5) is 0 Å². The van der Waals surface area contributed by atoms with Crippen molar-refractivity contribution in [3.8, 4) is 6.07 Å². The molecule has 1 heterocycles. The summed E-state index contributed by atoms with van der Waals surface area (Å²) in [5.41, 5.74) is 0. The van der Waals surface area contributed by atoms with Crippen molar-refractivity contribution in [2.24, 2.45) is 5.92 Å². The van der Waals surface area contributed by atoms with Gasteiger partial charge in [0.05, 0.1) is 11.9 Å². The minimum absolute atomic E-state index is 0.490. The van der Waals surface area contributed by atoms with Gasteiger partial charge < -0.3 is 4.90 Å². The van der Waals surface area contributed by atoms with Crippen LogP contribution in [0.3, 0.4) is 0 Å². The minimum atomic E-state index is 0.490. The topological polar surface area (TPSA) is 50.9 Å². The second-order valence-corrected chi connectivity index (χ2v) is 3.40. The molecule has 3 heteroatoms. The summed E-state index contributed by atoms with van der Waals surface area (Å²) in [7, 11) is 0. The van der Waals surface area contributed by atoms with Crippen LogP contribution < -0.4 is 0 Å². The maximum atomic E-state index is 8.52. The Labute approximate surface area is 73.5 Å². The minimum Gasteiger partial charge on any atom is -0.360 e. The highest BCUT2D eigenvalue weighted by molar-refractivity contribution is 5.76. The van der Waals surface area contributed by atoms with E-state index in [9.17, 15) is 0 Å². The van der Waals surface area contributed by atoms with Crippen LogP contribution in [0.15, 0.2) is 0 Å². The molecule has 0 aromatic heterocycles. The lowest BCUT2D eigenvalue weighted by atomic mass is 9.95. The number of likely N-dealkylation sites (tertiary alicyclic amines) is 1. The van der Waals surface area contributed by atoms with Crippen LogP contribution in [-0.4, -0.2) is 23.8 Å². The Kier molecular flexibility index (Phi) is 3.09. The molecule has 1 N–H and O–H groups in total. The molecule has 1 unspecified atom stereocenters. The van der Waals surface area contributed by atoms with Gasteiger partial charge in [-0.25, -0.2) is 0 Å². The summed E-state index contributed by atoms with van der Waals surface area (Å²) in [6.07, 6.45) is 2.92. The SMILES string of the molecule is CC(=N)N1CCCC(CC#N)C1. The monoisotopic (exact) mass is 165 g/mol. The van der Waals surface area contributed by atoms with Crippen LogP contribution in [0, 0.1) is 22.7 Å². The summed E-state index contributed by atoms with van der Waals surface area (Å²) in [6, 6.07) is 2.20. The molecule has 1 rings (SSSR count). The number of piperidine rings is 1. The lowest BCUT2D eigenvalue weighted by Gasteiger charge is -2.32. The van der Waals surface area contributed by atoms with E-state index in [4.69, 9.17) is 10.7 Å². The lowest BCUT2D eigenvalue weighted by Crippen LogP contribution is -2.38.